The van der Waals surface area contributed by atoms with Crippen LogP contribution in [-0.4, -0.2) is 25.4 Å². The van der Waals surface area contributed by atoms with Crippen LogP contribution in [0.5, 0.6) is 0 Å². The van der Waals surface area contributed by atoms with Crippen LogP contribution < -0.4 is 0 Å². The van der Waals surface area contributed by atoms with Crippen molar-refractivity contribution in [3.63, 3.8) is 0 Å². The van der Waals surface area contributed by atoms with Gasteiger partial charge in [0.25, 0.3) is 0 Å². The van der Waals surface area contributed by atoms with Gasteiger partial charge in [0.1, 0.15) is 12.7 Å². The van der Waals surface area contributed by atoms with Gasteiger partial charge in [-0.3, -0.25) is 0 Å². The van der Waals surface area contributed by atoms with E-state index in [2.05, 4.69) is 25.7 Å². The van der Waals surface area contributed by atoms with Crippen molar-refractivity contribution in [2.24, 2.45) is 5.92 Å². The lowest BCUT2D eigenvalue weighted by atomic mass is 10.1. The van der Waals surface area contributed by atoms with Gasteiger partial charge >= 0.3 is 0 Å². The zero-order valence-electron chi connectivity index (χ0n) is 10.2. The zero-order valence-corrected chi connectivity index (χ0v) is 10.2. The molecule has 0 aromatic heterocycles. The summed E-state index contributed by atoms with van der Waals surface area (Å²) in [5.41, 5.74) is -0.116. The van der Waals surface area contributed by atoms with Gasteiger partial charge in [-0.25, -0.2) is 0 Å². The second-order valence-corrected chi connectivity index (χ2v) is 4.62. The number of ether oxygens (including phenoxy) is 2. The summed E-state index contributed by atoms with van der Waals surface area (Å²) < 4.78 is 10.7. The third-order valence-corrected chi connectivity index (χ3v) is 1.68. The van der Waals surface area contributed by atoms with E-state index in [1.54, 1.807) is 7.11 Å². The number of methoxy groups -OCH3 is 1. The highest BCUT2D eigenvalue weighted by molar-refractivity contribution is 5.06. The molecular formula is C12H22O2. The van der Waals surface area contributed by atoms with Crippen LogP contribution in [0.15, 0.2) is 0 Å². The maximum absolute atomic E-state index is 5.47. The molecule has 0 fully saturated rings. The van der Waals surface area contributed by atoms with Gasteiger partial charge in [0.2, 0.25) is 0 Å². The maximum atomic E-state index is 5.47. The monoisotopic (exact) mass is 198 g/mol. The Morgan fingerprint density at radius 1 is 1.21 bits per heavy atom. The topological polar surface area (TPSA) is 18.5 Å². The van der Waals surface area contributed by atoms with Crippen molar-refractivity contribution in [1.29, 1.82) is 0 Å². The van der Waals surface area contributed by atoms with Gasteiger partial charge in [-0.15, -0.1) is 0 Å². The van der Waals surface area contributed by atoms with Crippen molar-refractivity contribution in [1.82, 2.24) is 0 Å². The standard InChI is InChI=1S/C12H22O2/c1-10(2)11(13-6)8-7-9-14-12(3,4)5/h10-11H,9H2,1-6H3. The van der Waals surface area contributed by atoms with Gasteiger partial charge in [0, 0.05) is 7.11 Å². The predicted molar refractivity (Wildman–Crippen MR) is 59.1 cm³/mol. The van der Waals surface area contributed by atoms with Crippen LogP contribution in [0.25, 0.3) is 0 Å². The minimum atomic E-state index is -0.116. The molecule has 14 heavy (non-hydrogen) atoms. The van der Waals surface area contributed by atoms with Crippen molar-refractivity contribution >= 4 is 0 Å². The minimum Gasteiger partial charge on any atom is -0.368 e. The van der Waals surface area contributed by atoms with Gasteiger partial charge in [-0.1, -0.05) is 25.7 Å². The summed E-state index contributed by atoms with van der Waals surface area (Å²) in [6.07, 6.45) is 0.0126. The van der Waals surface area contributed by atoms with Crippen LogP contribution in [0, 0.1) is 17.8 Å². The highest BCUT2D eigenvalue weighted by Gasteiger charge is 2.09. The van der Waals surface area contributed by atoms with Crippen LogP contribution in [-0.2, 0) is 9.47 Å². The number of rotatable bonds is 3. The van der Waals surface area contributed by atoms with Crippen molar-refractivity contribution in [3.8, 4) is 11.8 Å². The fourth-order valence-corrected chi connectivity index (χ4v) is 0.893. The number of hydrogen-bond acceptors (Lipinski definition) is 2. The second-order valence-electron chi connectivity index (χ2n) is 4.62. The molecule has 0 bridgehead atoms. The van der Waals surface area contributed by atoms with E-state index in [1.807, 2.05) is 20.8 Å². The molecule has 0 heterocycles. The van der Waals surface area contributed by atoms with Crippen LogP contribution in [0.1, 0.15) is 34.6 Å². The third kappa shape index (κ3) is 6.94. The summed E-state index contributed by atoms with van der Waals surface area (Å²) in [6, 6.07) is 0. The van der Waals surface area contributed by atoms with E-state index >= 15 is 0 Å². The van der Waals surface area contributed by atoms with E-state index in [1.165, 1.54) is 0 Å². The Balaban J connectivity index is 3.92. The lowest BCUT2D eigenvalue weighted by Crippen LogP contribution is -2.20. The Labute approximate surface area is 88.0 Å². The van der Waals surface area contributed by atoms with Crippen LogP contribution in [0.4, 0.5) is 0 Å². The fourth-order valence-electron chi connectivity index (χ4n) is 0.893. The van der Waals surface area contributed by atoms with Gasteiger partial charge in [0.15, 0.2) is 0 Å². The summed E-state index contributed by atoms with van der Waals surface area (Å²) >= 11 is 0. The molecule has 0 N–H and O–H groups in total. The van der Waals surface area contributed by atoms with Gasteiger partial charge in [-0.05, 0) is 26.7 Å². The van der Waals surface area contributed by atoms with E-state index in [9.17, 15) is 0 Å². The van der Waals surface area contributed by atoms with Crippen molar-refractivity contribution < 1.29 is 9.47 Å². The van der Waals surface area contributed by atoms with Gasteiger partial charge < -0.3 is 9.47 Å². The van der Waals surface area contributed by atoms with Crippen molar-refractivity contribution in [2.75, 3.05) is 13.7 Å². The van der Waals surface area contributed by atoms with Crippen LogP contribution >= 0.6 is 0 Å². The largest absolute Gasteiger partial charge is 0.368 e. The smallest absolute Gasteiger partial charge is 0.120 e. The summed E-state index contributed by atoms with van der Waals surface area (Å²) in [7, 11) is 1.68. The Morgan fingerprint density at radius 2 is 1.79 bits per heavy atom. The highest BCUT2D eigenvalue weighted by Crippen LogP contribution is 2.06. The fraction of sp³-hybridized carbons (Fsp3) is 0.833. The van der Waals surface area contributed by atoms with Gasteiger partial charge in [0.05, 0.1) is 5.60 Å². The third-order valence-electron chi connectivity index (χ3n) is 1.68. The van der Waals surface area contributed by atoms with Crippen LogP contribution in [0.2, 0.25) is 0 Å². The molecule has 0 aliphatic heterocycles. The molecule has 2 nitrogen and oxygen atoms in total. The molecule has 0 saturated heterocycles. The van der Waals surface area contributed by atoms with E-state index in [0.29, 0.717) is 12.5 Å². The average Bonchev–Trinajstić information content (AvgIpc) is 2.01. The molecule has 0 aromatic carbocycles. The Bertz CT molecular complexity index is 203. The van der Waals surface area contributed by atoms with E-state index in [0.717, 1.165) is 0 Å². The Morgan fingerprint density at radius 3 is 2.14 bits per heavy atom. The summed E-state index contributed by atoms with van der Waals surface area (Å²) in [4.78, 5) is 0. The van der Waals surface area contributed by atoms with E-state index in [-0.39, 0.29) is 11.7 Å². The molecule has 0 amide bonds. The molecule has 0 saturated carbocycles. The molecule has 0 rings (SSSR count). The maximum Gasteiger partial charge on any atom is 0.120 e. The lowest BCUT2D eigenvalue weighted by molar-refractivity contribution is 0.0178. The first-order valence-corrected chi connectivity index (χ1v) is 5.02. The average molecular weight is 198 g/mol. The molecule has 1 atom stereocenters. The van der Waals surface area contributed by atoms with E-state index in [4.69, 9.17) is 9.47 Å². The molecule has 82 valence electrons. The van der Waals surface area contributed by atoms with Crippen molar-refractivity contribution in [3.05, 3.63) is 0 Å². The number of hydrogen-bond donors (Lipinski definition) is 0. The first-order valence-electron chi connectivity index (χ1n) is 5.02. The normalized spacial score (nSPS) is 13.6. The Kier molecular flexibility index (Phi) is 5.83. The predicted octanol–water partition coefficient (Wildman–Crippen LogP) is 2.48. The second kappa shape index (κ2) is 6.06. The molecule has 0 aliphatic rings. The lowest BCUT2D eigenvalue weighted by Gasteiger charge is -2.17. The first kappa shape index (κ1) is 13.5. The highest BCUT2D eigenvalue weighted by atomic mass is 16.5. The molecule has 0 spiro atoms. The van der Waals surface area contributed by atoms with Gasteiger partial charge in [-0.2, -0.15) is 0 Å². The quantitative estimate of drug-likeness (QED) is 0.649. The molecular weight excluding hydrogens is 176 g/mol. The molecule has 1 unspecified atom stereocenters. The molecule has 0 aliphatic carbocycles. The van der Waals surface area contributed by atoms with Crippen molar-refractivity contribution in [2.45, 2.75) is 46.3 Å². The first-order chi connectivity index (χ1) is 6.37. The summed E-state index contributed by atoms with van der Waals surface area (Å²) in [5, 5.41) is 0. The Hall–Kier alpha value is -0.520. The van der Waals surface area contributed by atoms with E-state index < -0.39 is 0 Å². The summed E-state index contributed by atoms with van der Waals surface area (Å²) in [5.74, 6) is 6.44. The SMILES string of the molecule is COC(C#CCOC(C)(C)C)C(C)C. The molecule has 0 aromatic rings. The molecule has 2 heteroatoms. The zero-order chi connectivity index (χ0) is 11.2. The minimum absolute atomic E-state index is 0.0126. The van der Waals surface area contributed by atoms with Crippen LogP contribution in [0.3, 0.4) is 0 Å². The summed E-state index contributed by atoms with van der Waals surface area (Å²) in [6.45, 7) is 10.7. The molecule has 0 radical (unpaired) electrons.